The summed E-state index contributed by atoms with van der Waals surface area (Å²) in [5.74, 6) is 0.538. The Hall–Kier alpha value is -0.610. The minimum atomic E-state index is -0.0103. The Morgan fingerprint density at radius 1 is 1.37 bits per heavy atom. The smallest absolute Gasteiger partial charge is 0.224 e. The highest BCUT2D eigenvalue weighted by molar-refractivity contribution is 5.79. The van der Waals surface area contributed by atoms with E-state index in [0.717, 1.165) is 25.8 Å². The zero-order chi connectivity index (χ0) is 14.6. The van der Waals surface area contributed by atoms with Gasteiger partial charge in [0.15, 0.2) is 0 Å². The molecule has 1 fully saturated rings. The van der Waals surface area contributed by atoms with E-state index in [0.29, 0.717) is 12.5 Å². The third kappa shape index (κ3) is 5.11. The van der Waals surface area contributed by atoms with Gasteiger partial charge < -0.3 is 16.0 Å². The molecule has 0 aromatic carbocycles. The molecule has 3 atom stereocenters. The lowest BCUT2D eigenvalue weighted by Crippen LogP contribution is -2.49. The van der Waals surface area contributed by atoms with Gasteiger partial charge in [0.25, 0.3) is 0 Å². The standard InChI is InChI=1S/C15H31N3O/c1-11-7-6-8-12(16)13(11)14(19)17-9-15(2,3)10-18(4)5/h11-13H,6-10,16H2,1-5H3,(H,17,19). The molecule has 4 nitrogen and oxygen atoms in total. The average Bonchev–Trinajstić information content (AvgIpc) is 2.24. The van der Waals surface area contributed by atoms with E-state index >= 15 is 0 Å². The van der Waals surface area contributed by atoms with Crippen LogP contribution in [-0.2, 0) is 4.79 Å². The normalized spacial score (nSPS) is 28.5. The minimum Gasteiger partial charge on any atom is -0.355 e. The highest BCUT2D eigenvalue weighted by Crippen LogP contribution is 2.29. The van der Waals surface area contributed by atoms with Gasteiger partial charge in [-0.05, 0) is 38.3 Å². The number of nitrogens with two attached hydrogens (primary N) is 1. The third-order valence-corrected chi connectivity index (χ3v) is 4.06. The van der Waals surface area contributed by atoms with Gasteiger partial charge in [-0.2, -0.15) is 0 Å². The van der Waals surface area contributed by atoms with Crippen molar-refractivity contribution < 1.29 is 4.79 Å². The van der Waals surface area contributed by atoms with Gasteiger partial charge in [0.2, 0.25) is 5.91 Å². The lowest BCUT2D eigenvalue weighted by atomic mass is 9.76. The number of amides is 1. The van der Waals surface area contributed by atoms with E-state index < -0.39 is 0 Å². The van der Waals surface area contributed by atoms with Crippen molar-refractivity contribution in [2.24, 2.45) is 23.0 Å². The van der Waals surface area contributed by atoms with Crippen molar-refractivity contribution in [1.29, 1.82) is 0 Å². The first-order valence-corrected chi connectivity index (χ1v) is 7.41. The van der Waals surface area contributed by atoms with Crippen LogP contribution in [0.25, 0.3) is 0 Å². The van der Waals surface area contributed by atoms with Gasteiger partial charge >= 0.3 is 0 Å². The Morgan fingerprint density at radius 2 is 2.00 bits per heavy atom. The zero-order valence-electron chi connectivity index (χ0n) is 13.2. The maximum atomic E-state index is 12.3. The second-order valence-electron chi connectivity index (χ2n) is 7.22. The van der Waals surface area contributed by atoms with Crippen LogP contribution >= 0.6 is 0 Å². The van der Waals surface area contributed by atoms with Crippen molar-refractivity contribution in [1.82, 2.24) is 10.2 Å². The average molecular weight is 269 g/mol. The molecule has 1 amide bonds. The van der Waals surface area contributed by atoms with Crippen molar-refractivity contribution in [2.45, 2.75) is 46.1 Å². The maximum Gasteiger partial charge on any atom is 0.224 e. The highest BCUT2D eigenvalue weighted by atomic mass is 16.1. The van der Waals surface area contributed by atoms with Gasteiger partial charge in [-0.1, -0.05) is 27.2 Å². The molecule has 1 aliphatic rings. The Kier molecular flexibility index (Phi) is 5.81. The molecule has 0 saturated heterocycles. The monoisotopic (exact) mass is 269 g/mol. The molecule has 3 unspecified atom stereocenters. The number of rotatable bonds is 5. The first-order valence-electron chi connectivity index (χ1n) is 7.41. The van der Waals surface area contributed by atoms with E-state index in [9.17, 15) is 4.79 Å². The summed E-state index contributed by atoms with van der Waals surface area (Å²) >= 11 is 0. The molecule has 19 heavy (non-hydrogen) atoms. The first-order chi connectivity index (χ1) is 8.73. The predicted molar refractivity (Wildman–Crippen MR) is 79.8 cm³/mol. The largest absolute Gasteiger partial charge is 0.355 e. The Balaban J connectivity index is 2.50. The van der Waals surface area contributed by atoms with Crippen LogP contribution in [0, 0.1) is 17.3 Å². The highest BCUT2D eigenvalue weighted by Gasteiger charge is 2.34. The number of nitrogens with zero attached hydrogens (tertiary/aromatic N) is 1. The Bertz CT molecular complexity index is 292. The van der Waals surface area contributed by atoms with Crippen molar-refractivity contribution in [2.75, 3.05) is 27.2 Å². The number of nitrogens with one attached hydrogen (secondary N) is 1. The third-order valence-electron chi connectivity index (χ3n) is 4.06. The van der Waals surface area contributed by atoms with E-state index in [4.69, 9.17) is 5.73 Å². The topological polar surface area (TPSA) is 58.4 Å². The van der Waals surface area contributed by atoms with E-state index in [-0.39, 0.29) is 23.3 Å². The van der Waals surface area contributed by atoms with E-state index in [1.54, 1.807) is 0 Å². The molecule has 0 aromatic rings. The van der Waals surface area contributed by atoms with E-state index in [1.807, 2.05) is 0 Å². The number of carbonyl (C=O) groups is 1. The summed E-state index contributed by atoms with van der Waals surface area (Å²) in [5.41, 5.74) is 6.21. The summed E-state index contributed by atoms with van der Waals surface area (Å²) in [4.78, 5) is 14.5. The quantitative estimate of drug-likeness (QED) is 0.794. The van der Waals surface area contributed by atoms with E-state index in [2.05, 4.69) is 45.1 Å². The lowest BCUT2D eigenvalue weighted by molar-refractivity contribution is -0.128. The molecule has 0 spiro atoms. The van der Waals surface area contributed by atoms with Gasteiger partial charge in [-0.25, -0.2) is 0 Å². The summed E-state index contributed by atoms with van der Waals surface area (Å²) in [6, 6.07) is 0.0284. The van der Waals surface area contributed by atoms with Gasteiger partial charge in [0.1, 0.15) is 0 Å². The first kappa shape index (κ1) is 16.4. The van der Waals surface area contributed by atoms with Crippen LogP contribution in [0.2, 0.25) is 0 Å². The van der Waals surface area contributed by atoms with Crippen LogP contribution in [0.15, 0.2) is 0 Å². The lowest BCUT2D eigenvalue weighted by Gasteiger charge is -2.35. The summed E-state index contributed by atoms with van der Waals surface area (Å²) in [7, 11) is 4.12. The second-order valence-corrected chi connectivity index (χ2v) is 7.22. The Labute approximate surface area is 118 Å². The fourth-order valence-electron chi connectivity index (χ4n) is 3.27. The van der Waals surface area contributed by atoms with Crippen LogP contribution < -0.4 is 11.1 Å². The molecule has 1 saturated carbocycles. The molecule has 0 radical (unpaired) electrons. The number of carbonyl (C=O) groups excluding carboxylic acids is 1. The molecule has 1 aliphatic carbocycles. The molecular formula is C15H31N3O. The van der Waals surface area contributed by atoms with Crippen LogP contribution in [-0.4, -0.2) is 44.0 Å². The zero-order valence-corrected chi connectivity index (χ0v) is 13.2. The van der Waals surface area contributed by atoms with Crippen molar-refractivity contribution >= 4 is 5.91 Å². The SMILES string of the molecule is CC1CCCC(N)C1C(=O)NCC(C)(C)CN(C)C. The van der Waals surface area contributed by atoms with Gasteiger partial charge in [0.05, 0.1) is 5.92 Å². The summed E-state index contributed by atoms with van der Waals surface area (Å²) < 4.78 is 0. The van der Waals surface area contributed by atoms with Crippen LogP contribution in [0.5, 0.6) is 0 Å². The number of hydrogen-bond acceptors (Lipinski definition) is 3. The fourth-order valence-corrected chi connectivity index (χ4v) is 3.27. The van der Waals surface area contributed by atoms with Crippen molar-refractivity contribution in [3.8, 4) is 0 Å². The number of hydrogen-bond donors (Lipinski definition) is 2. The van der Waals surface area contributed by atoms with Crippen LogP contribution in [0.4, 0.5) is 0 Å². The van der Waals surface area contributed by atoms with Gasteiger partial charge in [-0.3, -0.25) is 4.79 Å². The molecule has 0 aromatic heterocycles. The summed E-state index contributed by atoms with van der Waals surface area (Å²) in [5, 5.41) is 3.11. The maximum absolute atomic E-state index is 12.3. The van der Waals surface area contributed by atoms with Crippen molar-refractivity contribution in [3.05, 3.63) is 0 Å². The van der Waals surface area contributed by atoms with Gasteiger partial charge in [0, 0.05) is 19.1 Å². The molecule has 4 heteroatoms. The van der Waals surface area contributed by atoms with Crippen molar-refractivity contribution in [3.63, 3.8) is 0 Å². The molecule has 0 bridgehead atoms. The molecule has 0 aliphatic heterocycles. The Morgan fingerprint density at radius 3 is 2.53 bits per heavy atom. The minimum absolute atomic E-state index is 0.0103. The predicted octanol–water partition coefficient (Wildman–Crippen LogP) is 1.45. The van der Waals surface area contributed by atoms with Crippen LogP contribution in [0.3, 0.4) is 0 Å². The van der Waals surface area contributed by atoms with Crippen LogP contribution in [0.1, 0.15) is 40.0 Å². The summed E-state index contributed by atoms with van der Waals surface area (Å²) in [6.07, 6.45) is 3.24. The molecular weight excluding hydrogens is 238 g/mol. The molecule has 112 valence electrons. The molecule has 3 N–H and O–H groups in total. The van der Waals surface area contributed by atoms with E-state index in [1.165, 1.54) is 0 Å². The fraction of sp³-hybridized carbons (Fsp3) is 0.933. The molecule has 0 heterocycles. The molecule has 1 rings (SSSR count). The van der Waals surface area contributed by atoms with Gasteiger partial charge in [-0.15, -0.1) is 0 Å². The second kappa shape index (κ2) is 6.71. The summed E-state index contributed by atoms with van der Waals surface area (Å²) in [6.45, 7) is 8.17.